The summed E-state index contributed by atoms with van der Waals surface area (Å²) in [6.07, 6.45) is 5.36. The molecule has 4 aromatic rings. The Morgan fingerprint density at radius 2 is 1.70 bits per heavy atom. The fourth-order valence-corrected chi connectivity index (χ4v) is 8.85. The van der Waals surface area contributed by atoms with E-state index in [2.05, 4.69) is 25.2 Å². The van der Waals surface area contributed by atoms with Gasteiger partial charge in [0.1, 0.15) is 5.82 Å². The van der Waals surface area contributed by atoms with Gasteiger partial charge in [0.25, 0.3) is 0 Å². The Morgan fingerprint density at radius 1 is 0.981 bits per heavy atom. The number of carbonyl (C=O) groups excluding carboxylic acids is 2. The van der Waals surface area contributed by atoms with Crippen LogP contribution in [0.5, 0.6) is 0 Å². The lowest BCUT2D eigenvalue weighted by molar-refractivity contribution is -0.0781. The molecule has 0 saturated heterocycles. The van der Waals surface area contributed by atoms with Crippen LogP contribution in [-0.2, 0) is 19.4 Å². The van der Waals surface area contributed by atoms with Crippen LogP contribution in [0.4, 0.5) is 9.18 Å². The van der Waals surface area contributed by atoms with Crippen molar-refractivity contribution in [1.82, 2.24) is 10.2 Å². The highest BCUT2D eigenvalue weighted by molar-refractivity contribution is 6.31. The molecule has 54 heavy (non-hydrogen) atoms. The molecule has 2 amide bonds. The highest BCUT2D eigenvalue weighted by Gasteiger charge is 2.57. The number of urea groups is 1. The van der Waals surface area contributed by atoms with Gasteiger partial charge in [-0.1, -0.05) is 109 Å². The van der Waals surface area contributed by atoms with E-state index in [0.717, 1.165) is 28.7 Å². The first-order valence-corrected chi connectivity index (χ1v) is 19.5. The maximum absolute atomic E-state index is 15.0. The average molecular weight is 751 g/mol. The summed E-state index contributed by atoms with van der Waals surface area (Å²) in [5.74, 6) is -1.06. The highest BCUT2D eigenvalue weighted by Crippen LogP contribution is 2.59. The number of Topliss-reactive ketones (excluding diaryl/α,β-unsaturated/α-hetero) is 1. The SMILES string of the molecule is CC1=CCCC2(C)C(CCC2(O)CN(Cc2ccccc2)C(=O)NC(C)c2ccccc2)c2ccc(cc2C(=O)Cc2c(F)cccc2Cl)CC(O)CC1. The lowest BCUT2D eigenvalue weighted by Gasteiger charge is -2.46. The second kappa shape index (κ2) is 17.0. The van der Waals surface area contributed by atoms with Crippen molar-refractivity contribution < 1.29 is 24.2 Å². The minimum atomic E-state index is -1.32. The van der Waals surface area contributed by atoms with Gasteiger partial charge in [0, 0.05) is 34.5 Å². The summed E-state index contributed by atoms with van der Waals surface area (Å²) < 4.78 is 15.0. The molecule has 3 N–H and O–H groups in total. The van der Waals surface area contributed by atoms with E-state index in [0.29, 0.717) is 50.6 Å². The summed E-state index contributed by atoms with van der Waals surface area (Å²) in [6.45, 7) is 6.53. The minimum Gasteiger partial charge on any atom is -0.393 e. The molecule has 2 bridgehead atoms. The smallest absolute Gasteiger partial charge is 0.318 e. The van der Waals surface area contributed by atoms with Crippen LogP contribution < -0.4 is 5.32 Å². The number of hydrogen-bond donors (Lipinski definition) is 3. The van der Waals surface area contributed by atoms with Crippen LogP contribution in [0.2, 0.25) is 5.02 Å². The molecule has 284 valence electrons. The van der Waals surface area contributed by atoms with Gasteiger partial charge in [-0.05, 0) is 105 Å². The zero-order chi connectivity index (χ0) is 38.5. The summed E-state index contributed by atoms with van der Waals surface area (Å²) >= 11 is 6.40. The van der Waals surface area contributed by atoms with Gasteiger partial charge in [0.05, 0.1) is 24.3 Å². The van der Waals surface area contributed by atoms with Crippen LogP contribution in [0.3, 0.4) is 0 Å². The molecule has 3 aliphatic rings. The molecule has 0 aromatic heterocycles. The van der Waals surface area contributed by atoms with E-state index >= 15 is 4.39 Å². The van der Waals surface area contributed by atoms with Crippen molar-refractivity contribution in [3.05, 3.63) is 153 Å². The summed E-state index contributed by atoms with van der Waals surface area (Å²) in [5, 5.41) is 27.4. The standard InChI is InChI=1S/C46H52ClFN2O4/c1-31-12-11-24-45(3)40(37-22-20-34(26-36(51)21-19-31)27-38(37)43(52)28-39-41(47)17-10-18-42(39)48)23-25-46(45,54)30-50(29-33-13-6-4-7-14-33)44(53)49-32(2)35-15-8-5-9-16-35/h4-10,12-18,20,22,27,32,36,40,51,54H,11,19,21,23-26,28-30H2,1-3H3,(H,49,53). The van der Waals surface area contributed by atoms with Crippen LogP contribution in [0.15, 0.2) is 109 Å². The van der Waals surface area contributed by atoms with Gasteiger partial charge in [0.2, 0.25) is 0 Å². The molecule has 0 spiro atoms. The molecule has 1 fully saturated rings. The van der Waals surface area contributed by atoms with Gasteiger partial charge in [-0.3, -0.25) is 4.79 Å². The number of benzene rings is 4. The number of hydrogen-bond acceptors (Lipinski definition) is 4. The Labute approximate surface area is 324 Å². The van der Waals surface area contributed by atoms with Crippen LogP contribution in [-0.4, -0.2) is 45.2 Å². The molecule has 0 aliphatic heterocycles. The van der Waals surface area contributed by atoms with Crippen LogP contribution in [0.25, 0.3) is 0 Å². The molecule has 4 aromatic carbocycles. The summed E-state index contributed by atoms with van der Waals surface area (Å²) in [5.41, 5.74) is 3.25. The number of halogens is 2. The molecule has 6 nitrogen and oxygen atoms in total. The van der Waals surface area contributed by atoms with E-state index in [4.69, 9.17) is 11.6 Å². The number of fused-ring (bicyclic) bond motifs is 8. The zero-order valence-electron chi connectivity index (χ0n) is 31.5. The predicted octanol–water partition coefficient (Wildman–Crippen LogP) is 9.92. The highest BCUT2D eigenvalue weighted by atomic mass is 35.5. The molecular weight excluding hydrogens is 699 g/mol. The Balaban J connectivity index is 1.40. The van der Waals surface area contributed by atoms with Gasteiger partial charge in [0.15, 0.2) is 5.78 Å². The van der Waals surface area contributed by atoms with Crippen molar-refractivity contribution in [2.75, 3.05) is 6.54 Å². The quantitative estimate of drug-likeness (QED) is 0.117. The first kappa shape index (κ1) is 39.4. The number of nitrogens with zero attached hydrogens (tertiary/aromatic N) is 1. The third-order valence-electron chi connectivity index (χ3n) is 12.0. The lowest BCUT2D eigenvalue weighted by atomic mass is 9.64. The van der Waals surface area contributed by atoms with Crippen molar-refractivity contribution in [1.29, 1.82) is 0 Å². The minimum absolute atomic E-state index is 0.0866. The van der Waals surface area contributed by atoms with Gasteiger partial charge < -0.3 is 20.4 Å². The number of rotatable bonds is 9. The fraction of sp³-hybridized carbons (Fsp3) is 0.391. The second-order valence-corrected chi connectivity index (χ2v) is 16.1. The summed E-state index contributed by atoms with van der Waals surface area (Å²) in [6, 6.07) is 29.3. The number of ketones is 1. The van der Waals surface area contributed by atoms with Crippen molar-refractivity contribution >= 4 is 23.4 Å². The van der Waals surface area contributed by atoms with Gasteiger partial charge in [-0.15, -0.1) is 0 Å². The molecule has 0 radical (unpaired) electrons. The van der Waals surface area contributed by atoms with E-state index in [9.17, 15) is 19.8 Å². The van der Waals surface area contributed by atoms with Crippen molar-refractivity contribution in [2.45, 2.75) is 102 Å². The molecule has 1 saturated carbocycles. The molecule has 5 atom stereocenters. The van der Waals surface area contributed by atoms with Gasteiger partial charge in [-0.25, -0.2) is 9.18 Å². The van der Waals surface area contributed by atoms with Gasteiger partial charge in [-0.2, -0.15) is 0 Å². The van der Waals surface area contributed by atoms with Gasteiger partial charge >= 0.3 is 6.03 Å². The summed E-state index contributed by atoms with van der Waals surface area (Å²) in [7, 11) is 0. The van der Waals surface area contributed by atoms with Crippen molar-refractivity contribution in [3.63, 3.8) is 0 Å². The number of amides is 2. The molecule has 0 heterocycles. The molecule has 3 aliphatic carbocycles. The molecule has 5 unspecified atom stereocenters. The van der Waals surface area contributed by atoms with Crippen molar-refractivity contribution in [2.24, 2.45) is 5.41 Å². The molecule has 7 rings (SSSR count). The number of nitrogens with one attached hydrogen (secondary N) is 1. The second-order valence-electron chi connectivity index (χ2n) is 15.7. The maximum atomic E-state index is 15.0. The topological polar surface area (TPSA) is 89.9 Å². The predicted molar refractivity (Wildman–Crippen MR) is 213 cm³/mol. The third-order valence-corrected chi connectivity index (χ3v) is 12.3. The van der Waals surface area contributed by atoms with E-state index in [1.807, 2.05) is 85.8 Å². The Kier molecular flexibility index (Phi) is 12.4. The Hall–Kier alpha value is -4.30. The fourth-order valence-electron chi connectivity index (χ4n) is 8.62. The lowest BCUT2D eigenvalue weighted by Crippen LogP contribution is -2.55. The first-order valence-electron chi connectivity index (χ1n) is 19.2. The van der Waals surface area contributed by atoms with E-state index < -0.39 is 22.9 Å². The molecule has 8 heteroatoms. The first-order chi connectivity index (χ1) is 25.9. The van der Waals surface area contributed by atoms with E-state index in [1.165, 1.54) is 17.7 Å². The van der Waals surface area contributed by atoms with Crippen LogP contribution in [0.1, 0.15) is 109 Å². The maximum Gasteiger partial charge on any atom is 0.318 e. The number of aliphatic hydroxyl groups excluding tert-OH is 1. The Bertz CT molecular complexity index is 1950. The molecular formula is C46H52ClFN2O4. The summed E-state index contributed by atoms with van der Waals surface area (Å²) in [4.78, 5) is 30.3. The Morgan fingerprint density at radius 3 is 2.43 bits per heavy atom. The van der Waals surface area contributed by atoms with E-state index in [-0.39, 0.29) is 47.3 Å². The normalized spacial score (nSPS) is 23.5. The van der Waals surface area contributed by atoms with Crippen LogP contribution in [0, 0.1) is 11.2 Å². The zero-order valence-corrected chi connectivity index (χ0v) is 32.3. The van der Waals surface area contributed by atoms with E-state index in [1.54, 1.807) is 11.0 Å². The monoisotopic (exact) mass is 750 g/mol. The number of aliphatic hydroxyl groups is 2. The average Bonchev–Trinajstić information content (AvgIpc) is 3.41. The van der Waals surface area contributed by atoms with Crippen LogP contribution >= 0.6 is 11.6 Å². The number of allylic oxidation sites excluding steroid dienone is 2. The van der Waals surface area contributed by atoms with Crippen molar-refractivity contribution in [3.8, 4) is 0 Å². The largest absolute Gasteiger partial charge is 0.393 e. The third kappa shape index (κ3) is 8.80. The number of carbonyl (C=O) groups is 2.